The third-order valence-electron chi connectivity index (χ3n) is 3.46. The van der Waals surface area contributed by atoms with Crippen molar-refractivity contribution in [2.45, 2.75) is 31.2 Å². The van der Waals surface area contributed by atoms with Gasteiger partial charge in [0.2, 0.25) is 0 Å². The second-order valence-electron chi connectivity index (χ2n) is 4.46. The SMILES string of the molecule is [2H]c1c([2H])c([2H])c(C2(N(C)C)CCC(=O)CC2)c([2H])c1[2H]. The second-order valence-corrected chi connectivity index (χ2v) is 4.46. The molecular formula is C14H19NO. The van der Waals surface area contributed by atoms with Gasteiger partial charge in [-0.15, -0.1) is 0 Å². The van der Waals surface area contributed by atoms with E-state index in [1.165, 1.54) is 0 Å². The Kier molecular flexibility index (Phi) is 1.79. The topological polar surface area (TPSA) is 20.3 Å². The van der Waals surface area contributed by atoms with Crippen molar-refractivity contribution in [1.29, 1.82) is 0 Å². The lowest BCUT2D eigenvalue weighted by Crippen LogP contribution is -2.44. The first-order chi connectivity index (χ1) is 9.72. The lowest BCUT2D eigenvalue weighted by Gasteiger charge is -2.43. The molecule has 86 valence electrons. The molecule has 0 N–H and O–H groups in total. The molecule has 1 aliphatic carbocycles. The monoisotopic (exact) mass is 222 g/mol. The Balaban J connectivity index is 2.70. The molecule has 1 aliphatic rings. The van der Waals surface area contributed by atoms with Gasteiger partial charge < -0.3 is 0 Å². The fraction of sp³-hybridized carbons (Fsp3) is 0.500. The molecule has 1 fully saturated rings. The summed E-state index contributed by atoms with van der Waals surface area (Å²) in [6.45, 7) is 0. The third-order valence-corrected chi connectivity index (χ3v) is 3.46. The van der Waals surface area contributed by atoms with Gasteiger partial charge in [-0.25, -0.2) is 0 Å². The number of carbonyl (C=O) groups is 1. The fourth-order valence-electron chi connectivity index (χ4n) is 2.35. The van der Waals surface area contributed by atoms with Gasteiger partial charge in [0.15, 0.2) is 0 Å². The number of Topliss-reactive ketones (excluding diaryl/α,β-unsaturated/α-hetero) is 1. The van der Waals surface area contributed by atoms with Crippen LogP contribution in [0.15, 0.2) is 30.2 Å². The van der Waals surface area contributed by atoms with Crippen molar-refractivity contribution in [1.82, 2.24) is 4.90 Å². The molecule has 0 aromatic heterocycles. The van der Waals surface area contributed by atoms with E-state index in [1.54, 1.807) is 0 Å². The maximum absolute atomic E-state index is 11.5. The summed E-state index contributed by atoms with van der Waals surface area (Å²) in [4.78, 5) is 13.4. The van der Waals surface area contributed by atoms with Crippen molar-refractivity contribution in [2.75, 3.05) is 14.1 Å². The summed E-state index contributed by atoms with van der Waals surface area (Å²) in [5, 5.41) is 0. The van der Waals surface area contributed by atoms with Crippen molar-refractivity contribution in [3.63, 3.8) is 0 Å². The average Bonchev–Trinajstić information content (AvgIpc) is 2.45. The van der Waals surface area contributed by atoms with Gasteiger partial charge in [-0.2, -0.15) is 0 Å². The Morgan fingerprint density at radius 2 is 1.75 bits per heavy atom. The predicted octanol–water partition coefficient (Wildman–Crippen LogP) is 2.59. The number of benzene rings is 1. The normalized spacial score (nSPS) is 24.4. The maximum atomic E-state index is 11.5. The van der Waals surface area contributed by atoms with Gasteiger partial charge in [-0.3, -0.25) is 9.69 Å². The smallest absolute Gasteiger partial charge is 0.133 e. The molecule has 0 amide bonds. The first-order valence-electron chi connectivity index (χ1n) is 7.99. The summed E-state index contributed by atoms with van der Waals surface area (Å²) in [6.07, 6.45) is 1.71. The molecule has 0 radical (unpaired) electrons. The van der Waals surface area contributed by atoms with Crippen LogP contribution in [0.2, 0.25) is 0 Å². The molecule has 1 saturated carbocycles. The van der Waals surface area contributed by atoms with E-state index in [0.717, 1.165) is 0 Å². The highest BCUT2D eigenvalue weighted by Gasteiger charge is 2.37. The molecule has 0 heterocycles. The molecule has 2 rings (SSSR count). The van der Waals surface area contributed by atoms with Crippen LogP contribution < -0.4 is 0 Å². The van der Waals surface area contributed by atoms with Crippen LogP contribution in [0.4, 0.5) is 0 Å². The van der Waals surface area contributed by atoms with Crippen LogP contribution in [0.5, 0.6) is 0 Å². The zero-order chi connectivity index (χ0) is 15.9. The van der Waals surface area contributed by atoms with Gasteiger partial charge in [0.05, 0.1) is 6.85 Å². The van der Waals surface area contributed by atoms with E-state index in [4.69, 9.17) is 6.85 Å². The molecule has 2 heteroatoms. The largest absolute Gasteiger partial charge is 0.300 e. The number of nitrogens with zero attached hydrogens (tertiary/aromatic N) is 1. The number of hydrogen-bond acceptors (Lipinski definition) is 2. The van der Waals surface area contributed by atoms with E-state index in [9.17, 15) is 4.79 Å². The highest BCUT2D eigenvalue weighted by Crippen LogP contribution is 2.39. The molecule has 0 aliphatic heterocycles. The summed E-state index contributed by atoms with van der Waals surface area (Å²) in [5.41, 5.74) is -0.368. The minimum atomic E-state index is -0.679. The summed E-state index contributed by atoms with van der Waals surface area (Å²) < 4.78 is 39.7. The van der Waals surface area contributed by atoms with Crippen LogP contribution in [0, 0.1) is 0 Å². The van der Waals surface area contributed by atoms with Crippen molar-refractivity contribution in [3.8, 4) is 0 Å². The van der Waals surface area contributed by atoms with Crippen molar-refractivity contribution in [3.05, 3.63) is 35.8 Å². The molecule has 0 saturated heterocycles. The number of carbonyl (C=O) groups excluding carboxylic acids is 1. The van der Waals surface area contributed by atoms with Gasteiger partial charge >= 0.3 is 0 Å². The molecule has 1 aromatic rings. The standard InChI is InChI=1S/C14H19NO/c1-15(2)14(10-8-13(16)9-11-14)12-6-4-3-5-7-12/h3-7H,8-11H2,1-2H3/i3D,4D,5D,6D,7D. The first kappa shape index (κ1) is 6.55. The molecule has 2 nitrogen and oxygen atoms in total. The van der Waals surface area contributed by atoms with E-state index in [1.807, 2.05) is 19.0 Å². The van der Waals surface area contributed by atoms with E-state index in [0.29, 0.717) is 31.2 Å². The lowest BCUT2D eigenvalue weighted by atomic mass is 9.75. The highest BCUT2D eigenvalue weighted by molar-refractivity contribution is 5.79. The van der Waals surface area contributed by atoms with E-state index >= 15 is 0 Å². The van der Waals surface area contributed by atoms with Crippen molar-refractivity contribution < 1.29 is 11.6 Å². The number of ketones is 1. The zero-order valence-electron chi connectivity index (χ0n) is 14.7. The van der Waals surface area contributed by atoms with E-state index in [-0.39, 0.29) is 36.0 Å². The van der Waals surface area contributed by atoms with Crippen LogP contribution in [-0.4, -0.2) is 24.8 Å². The fourth-order valence-corrected chi connectivity index (χ4v) is 2.35. The van der Waals surface area contributed by atoms with Crippen molar-refractivity contribution >= 4 is 5.78 Å². The summed E-state index contributed by atoms with van der Waals surface area (Å²) in [6, 6.07) is -1.34. The number of hydrogen-bond donors (Lipinski definition) is 0. The summed E-state index contributed by atoms with van der Waals surface area (Å²) in [5.74, 6) is 0.167. The number of rotatable bonds is 2. The van der Waals surface area contributed by atoms with Crippen LogP contribution in [0.1, 0.15) is 38.1 Å². The van der Waals surface area contributed by atoms with Crippen LogP contribution in [0.25, 0.3) is 0 Å². The van der Waals surface area contributed by atoms with Crippen LogP contribution >= 0.6 is 0 Å². The second kappa shape index (κ2) is 4.38. The van der Waals surface area contributed by atoms with E-state index < -0.39 is 5.54 Å². The molecular weight excluding hydrogens is 198 g/mol. The molecule has 16 heavy (non-hydrogen) atoms. The van der Waals surface area contributed by atoms with Gasteiger partial charge in [0, 0.05) is 18.4 Å². The molecule has 0 spiro atoms. The minimum absolute atomic E-state index is 0.163. The van der Waals surface area contributed by atoms with Crippen molar-refractivity contribution in [2.24, 2.45) is 0 Å². The van der Waals surface area contributed by atoms with Gasteiger partial charge in [0.1, 0.15) is 5.78 Å². The molecule has 0 bridgehead atoms. The predicted molar refractivity (Wildman–Crippen MR) is 65.3 cm³/mol. The lowest BCUT2D eigenvalue weighted by molar-refractivity contribution is -0.122. The Bertz CT molecular complexity index is 561. The maximum Gasteiger partial charge on any atom is 0.133 e. The third kappa shape index (κ3) is 1.90. The Hall–Kier alpha value is -1.15. The molecule has 1 aromatic carbocycles. The first-order valence-corrected chi connectivity index (χ1v) is 5.49. The highest BCUT2D eigenvalue weighted by atomic mass is 16.1. The zero-order valence-corrected chi connectivity index (χ0v) is 9.68. The average molecular weight is 222 g/mol. The molecule has 0 unspecified atom stereocenters. The quantitative estimate of drug-likeness (QED) is 0.766. The van der Waals surface area contributed by atoms with Crippen LogP contribution in [0.3, 0.4) is 0 Å². The molecule has 0 atom stereocenters. The van der Waals surface area contributed by atoms with E-state index in [2.05, 4.69) is 0 Å². The Morgan fingerprint density at radius 1 is 1.19 bits per heavy atom. The van der Waals surface area contributed by atoms with Gasteiger partial charge in [-0.05, 0) is 32.5 Å². The van der Waals surface area contributed by atoms with Crippen LogP contribution in [-0.2, 0) is 10.3 Å². The Morgan fingerprint density at radius 3 is 2.25 bits per heavy atom. The minimum Gasteiger partial charge on any atom is -0.300 e. The summed E-state index contributed by atoms with van der Waals surface area (Å²) in [7, 11) is 3.66. The Labute approximate surface area is 104 Å². The summed E-state index contributed by atoms with van der Waals surface area (Å²) >= 11 is 0. The van der Waals surface area contributed by atoms with Gasteiger partial charge in [0.25, 0.3) is 0 Å². The van der Waals surface area contributed by atoms with Gasteiger partial charge in [-0.1, -0.05) is 30.2 Å².